The SMILES string of the molecule is Cc1nc(CC(=O)N2CCC(N3CCC(Cc4nc(CC(=O)n5cc6ccccc6c5)cs4)CC3)CC2)cs1. The van der Waals surface area contributed by atoms with Gasteiger partial charge in [0, 0.05) is 48.7 Å². The van der Waals surface area contributed by atoms with E-state index in [4.69, 9.17) is 4.98 Å². The highest BCUT2D eigenvalue weighted by Gasteiger charge is 2.30. The van der Waals surface area contributed by atoms with E-state index < -0.39 is 0 Å². The van der Waals surface area contributed by atoms with Crippen LogP contribution in [-0.2, 0) is 24.1 Å². The third kappa shape index (κ3) is 6.31. The number of hydrogen-bond acceptors (Lipinski definition) is 7. The molecule has 7 nitrogen and oxygen atoms in total. The van der Waals surface area contributed by atoms with E-state index in [0.29, 0.717) is 24.8 Å². The van der Waals surface area contributed by atoms with Crippen molar-refractivity contribution in [2.45, 2.75) is 57.9 Å². The van der Waals surface area contributed by atoms with Gasteiger partial charge in [-0.2, -0.15) is 0 Å². The molecule has 1 amide bonds. The first-order valence-electron chi connectivity index (χ1n) is 14.0. The summed E-state index contributed by atoms with van der Waals surface area (Å²) in [5.41, 5.74) is 1.78. The maximum atomic E-state index is 12.8. The Morgan fingerprint density at radius 3 is 2.15 bits per heavy atom. The minimum Gasteiger partial charge on any atom is -0.342 e. The number of benzene rings is 1. The van der Waals surface area contributed by atoms with E-state index in [1.807, 2.05) is 53.9 Å². The van der Waals surface area contributed by atoms with Crippen molar-refractivity contribution in [3.05, 3.63) is 68.8 Å². The summed E-state index contributed by atoms with van der Waals surface area (Å²) in [5.74, 6) is 0.917. The molecule has 4 aromatic rings. The smallest absolute Gasteiger partial charge is 0.236 e. The predicted molar refractivity (Wildman–Crippen MR) is 157 cm³/mol. The summed E-state index contributed by atoms with van der Waals surface area (Å²) < 4.78 is 1.70. The lowest BCUT2D eigenvalue weighted by molar-refractivity contribution is -0.132. The van der Waals surface area contributed by atoms with Crippen LogP contribution in [0, 0.1) is 12.8 Å². The minimum atomic E-state index is 0.0577. The largest absolute Gasteiger partial charge is 0.342 e. The molecule has 9 heteroatoms. The second kappa shape index (κ2) is 11.7. The van der Waals surface area contributed by atoms with Gasteiger partial charge < -0.3 is 9.80 Å². The zero-order chi connectivity index (χ0) is 26.8. The molecule has 0 saturated carbocycles. The molecule has 0 spiro atoms. The Hall–Kier alpha value is -2.88. The van der Waals surface area contributed by atoms with Crippen LogP contribution in [0.5, 0.6) is 0 Å². The van der Waals surface area contributed by atoms with Crippen molar-refractivity contribution in [1.29, 1.82) is 0 Å². The maximum Gasteiger partial charge on any atom is 0.236 e. The lowest BCUT2D eigenvalue weighted by atomic mass is 9.91. The zero-order valence-corrected chi connectivity index (χ0v) is 24.1. The molecular weight excluding hydrogens is 526 g/mol. The molecule has 204 valence electrons. The van der Waals surface area contributed by atoms with E-state index in [1.165, 1.54) is 12.8 Å². The molecule has 0 N–H and O–H groups in total. The quantitative estimate of drug-likeness (QED) is 0.309. The summed E-state index contributed by atoms with van der Waals surface area (Å²) in [6.07, 6.45) is 10.1. The molecule has 3 aromatic heterocycles. The fourth-order valence-electron chi connectivity index (χ4n) is 6.00. The fraction of sp³-hybridized carbons (Fsp3) is 0.467. The summed E-state index contributed by atoms with van der Waals surface area (Å²) in [6, 6.07) is 8.63. The molecule has 1 aromatic carbocycles. The number of carbonyl (C=O) groups is 2. The average molecular weight is 562 g/mol. The highest BCUT2D eigenvalue weighted by molar-refractivity contribution is 7.09. The topological polar surface area (TPSA) is 71.3 Å². The number of carbonyl (C=O) groups excluding carboxylic acids is 2. The molecule has 39 heavy (non-hydrogen) atoms. The summed E-state index contributed by atoms with van der Waals surface area (Å²) in [7, 11) is 0. The second-order valence-electron chi connectivity index (χ2n) is 10.9. The first-order chi connectivity index (χ1) is 19.0. The molecule has 5 heterocycles. The van der Waals surface area contributed by atoms with E-state index in [2.05, 4.69) is 15.3 Å². The Kier molecular flexibility index (Phi) is 7.90. The molecule has 0 atom stereocenters. The van der Waals surface area contributed by atoms with Gasteiger partial charge in [-0.3, -0.25) is 14.2 Å². The van der Waals surface area contributed by atoms with Crippen LogP contribution < -0.4 is 0 Å². The summed E-state index contributed by atoms with van der Waals surface area (Å²) >= 11 is 3.30. The van der Waals surface area contributed by atoms with Gasteiger partial charge in [-0.15, -0.1) is 22.7 Å². The van der Waals surface area contributed by atoms with Crippen molar-refractivity contribution in [1.82, 2.24) is 24.3 Å². The molecule has 0 unspecified atom stereocenters. The van der Waals surface area contributed by atoms with Crippen LogP contribution in [0.1, 0.15) is 51.9 Å². The van der Waals surface area contributed by atoms with E-state index in [9.17, 15) is 9.59 Å². The molecule has 2 fully saturated rings. The predicted octanol–water partition coefficient (Wildman–Crippen LogP) is 5.23. The van der Waals surface area contributed by atoms with Crippen LogP contribution in [0.25, 0.3) is 10.8 Å². The van der Waals surface area contributed by atoms with Gasteiger partial charge in [0.1, 0.15) is 0 Å². The van der Waals surface area contributed by atoms with Crippen LogP contribution in [0.4, 0.5) is 0 Å². The molecule has 0 radical (unpaired) electrons. The lowest BCUT2D eigenvalue weighted by Crippen LogP contribution is -2.49. The van der Waals surface area contributed by atoms with Gasteiger partial charge in [0.25, 0.3) is 0 Å². The van der Waals surface area contributed by atoms with Crippen molar-refractivity contribution in [3.8, 4) is 0 Å². The number of aryl methyl sites for hydroxylation is 1. The van der Waals surface area contributed by atoms with Crippen molar-refractivity contribution in [3.63, 3.8) is 0 Å². The summed E-state index contributed by atoms with van der Waals surface area (Å²) in [6.45, 7) is 5.94. The van der Waals surface area contributed by atoms with Crippen LogP contribution in [-0.4, -0.2) is 68.4 Å². The molecule has 0 aliphatic carbocycles. The molecular formula is C30H35N5O2S2. The number of nitrogens with zero attached hydrogens (tertiary/aromatic N) is 5. The molecule has 0 bridgehead atoms. The third-order valence-corrected chi connectivity index (χ3v) is 9.96. The van der Waals surface area contributed by atoms with Gasteiger partial charge in [0.15, 0.2) is 0 Å². The highest BCUT2D eigenvalue weighted by Crippen LogP contribution is 2.27. The Labute approximate surface area is 237 Å². The molecule has 6 rings (SSSR count). The van der Waals surface area contributed by atoms with Crippen molar-refractivity contribution < 1.29 is 9.59 Å². The fourth-order valence-corrected chi connectivity index (χ4v) is 7.53. The molecule has 2 aliphatic heterocycles. The molecule has 2 saturated heterocycles. The number of amides is 1. The van der Waals surface area contributed by atoms with Gasteiger partial charge in [-0.25, -0.2) is 9.97 Å². The van der Waals surface area contributed by atoms with E-state index >= 15 is 0 Å². The number of likely N-dealkylation sites (tertiary alicyclic amines) is 2. The summed E-state index contributed by atoms with van der Waals surface area (Å²) in [5, 5.41) is 8.38. The molecule has 2 aliphatic rings. The normalized spacial score (nSPS) is 17.7. The average Bonchev–Trinajstić information content (AvgIpc) is 3.69. The second-order valence-corrected chi connectivity index (χ2v) is 12.9. The zero-order valence-electron chi connectivity index (χ0n) is 22.4. The van der Waals surface area contributed by atoms with E-state index in [1.54, 1.807) is 27.2 Å². The van der Waals surface area contributed by atoms with Crippen molar-refractivity contribution >= 4 is 45.3 Å². The van der Waals surface area contributed by atoms with Crippen LogP contribution in [0.3, 0.4) is 0 Å². The first-order valence-corrected chi connectivity index (χ1v) is 15.7. The highest BCUT2D eigenvalue weighted by atomic mass is 32.1. The van der Waals surface area contributed by atoms with Gasteiger partial charge in [0.2, 0.25) is 11.8 Å². The maximum absolute atomic E-state index is 12.8. The number of thiazole rings is 2. The van der Waals surface area contributed by atoms with Crippen LogP contribution in [0.15, 0.2) is 47.4 Å². The number of hydrogen-bond donors (Lipinski definition) is 0. The Morgan fingerprint density at radius 2 is 1.49 bits per heavy atom. The summed E-state index contributed by atoms with van der Waals surface area (Å²) in [4.78, 5) is 39.4. The van der Waals surface area contributed by atoms with Crippen molar-refractivity contribution in [2.24, 2.45) is 5.92 Å². The van der Waals surface area contributed by atoms with Crippen LogP contribution in [0.2, 0.25) is 0 Å². The number of rotatable bonds is 7. The Balaban J connectivity index is 0.936. The minimum absolute atomic E-state index is 0.0577. The first kappa shape index (κ1) is 26.3. The Morgan fingerprint density at radius 1 is 0.846 bits per heavy atom. The number of aromatic nitrogens is 3. The monoisotopic (exact) mass is 561 g/mol. The van der Waals surface area contributed by atoms with Gasteiger partial charge >= 0.3 is 0 Å². The Bertz CT molecular complexity index is 1410. The van der Waals surface area contributed by atoms with Gasteiger partial charge in [-0.1, -0.05) is 24.3 Å². The number of piperidine rings is 2. The third-order valence-electron chi connectivity index (χ3n) is 8.22. The van der Waals surface area contributed by atoms with E-state index in [-0.39, 0.29) is 11.8 Å². The van der Waals surface area contributed by atoms with Crippen LogP contribution >= 0.6 is 22.7 Å². The van der Waals surface area contributed by atoms with E-state index in [0.717, 1.165) is 77.6 Å². The number of fused-ring (bicyclic) bond motifs is 1. The van der Waals surface area contributed by atoms with Crippen molar-refractivity contribution in [2.75, 3.05) is 26.2 Å². The lowest BCUT2D eigenvalue weighted by Gasteiger charge is -2.41. The van der Waals surface area contributed by atoms with Gasteiger partial charge in [-0.05, 0) is 62.4 Å². The standard InChI is InChI=1S/C30H35N5O2S2/c1-21-31-25(19-38-21)15-29(36)34-12-8-27(9-13-34)33-10-6-22(7-11-33)14-28-32-26(20-39-28)16-30(37)35-17-23-4-2-3-5-24(23)18-35/h2-5,17-20,22,27H,6-16H2,1H3. The van der Waals surface area contributed by atoms with Gasteiger partial charge in [0.05, 0.1) is 34.2 Å².